The van der Waals surface area contributed by atoms with Crippen LogP contribution in [0, 0.1) is 0 Å². The monoisotopic (exact) mass is 562 g/mol. The average molecular weight is 563 g/mol. The van der Waals surface area contributed by atoms with Crippen LogP contribution in [0.4, 0.5) is 5.69 Å². The molecule has 0 saturated carbocycles. The molecule has 3 aromatic heterocycles. The van der Waals surface area contributed by atoms with Gasteiger partial charge in [0.1, 0.15) is 18.1 Å². The van der Waals surface area contributed by atoms with Crippen LogP contribution in [-0.2, 0) is 26.3 Å². The Morgan fingerprint density at radius 2 is 1.69 bits per heavy atom. The van der Waals surface area contributed by atoms with Crippen molar-refractivity contribution >= 4 is 28.9 Å². The number of nitrogens with zero attached hydrogens (tertiary/aromatic N) is 3. The number of Topliss-reactive ketones (excluding diaryl/α,β-unsaturated/α-hetero) is 1. The summed E-state index contributed by atoms with van der Waals surface area (Å²) in [6, 6.07) is 24.0. The van der Waals surface area contributed by atoms with Gasteiger partial charge in [0, 0.05) is 41.3 Å². The minimum Gasteiger partial charge on any atom is -0.463 e. The molecular formula is C34H34N4O4. The maximum Gasteiger partial charge on any atom is 0.316 e. The first-order valence-electron chi connectivity index (χ1n) is 14.0. The number of rotatable bonds is 10. The second kappa shape index (κ2) is 11.9. The second-order valence-electron chi connectivity index (χ2n) is 11.0. The predicted octanol–water partition coefficient (Wildman–Crippen LogP) is 6.27. The van der Waals surface area contributed by atoms with Crippen molar-refractivity contribution in [2.45, 2.75) is 45.6 Å². The van der Waals surface area contributed by atoms with Crippen LogP contribution < -0.4 is 5.32 Å². The standard InChI is InChI=1S/C34H34N4O4/c1-23(2)31-35-16-18-37(31)19-20-42-33(41)34(3,4)25-13-10-14-26(21-25)36-32(40)30(39)29-28(24-11-6-5-7-12-24)22-27-15-8-9-17-38(27)29/h5-18,21-23H,19-20H2,1-4H3,(H,36,40). The number of benzene rings is 2. The van der Waals surface area contributed by atoms with Gasteiger partial charge >= 0.3 is 5.97 Å². The highest BCUT2D eigenvalue weighted by Gasteiger charge is 2.32. The highest BCUT2D eigenvalue weighted by molar-refractivity contribution is 6.47. The van der Waals surface area contributed by atoms with Crippen LogP contribution in [0.3, 0.4) is 0 Å². The lowest BCUT2D eigenvalue weighted by Gasteiger charge is -2.24. The van der Waals surface area contributed by atoms with E-state index >= 15 is 0 Å². The summed E-state index contributed by atoms with van der Waals surface area (Å²) in [4.78, 5) is 44.4. The van der Waals surface area contributed by atoms with Gasteiger partial charge in [-0.25, -0.2) is 4.98 Å². The molecule has 214 valence electrons. The van der Waals surface area contributed by atoms with Gasteiger partial charge < -0.3 is 19.0 Å². The smallest absolute Gasteiger partial charge is 0.316 e. The van der Waals surface area contributed by atoms with Crippen molar-refractivity contribution in [1.29, 1.82) is 0 Å². The predicted molar refractivity (Wildman–Crippen MR) is 163 cm³/mol. The van der Waals surface area contributed by atoms with Crippen LogP contribution in [0.25, 0.3) is 16.6 Å². The Labute approximate surface area is 245 Å². The van der Waals surface area contributed by atoms with E-state index < -0.39 is 17.1 Å². The zero-order valence-electron chi connectivity index (χ0n) is 24.2. The Morgan fingerprint density at radius 3 is 2.45 bits per heavy atom. The topological polar surface area (TPSA) is 94.7 Å². The number of carbonyl (C=O) groups is 3. The van der Waals surface area contributed by atoms with Crippen LogP contribution >= 0.6 is 0 Å². The largest absolute Gasteiger partial charge is 0.463 e. The number of amides is 1. The van der Waals surface area contributed by atoms with Crippen LogP contribution in [-0.4, -0.2) is 38.2 Å². The van der Waals surface area contributed by atoms with Crippen molar-refractivity contribution in [3.05, 3.63) is 115 Å². The average Bonchev–Trinajstić information content (AvgIpc) is 3.62. The number of carbonyl (C=O) groups excluding carboxylic acids is 3. The number of imidazole rings is 1. The fourth-order valence-corrected chi connectivity index (χ4v) is 5.02. The maximum absolute atomic E-state index is 13.6. The summed E-state index contributed by atoms with van der Waals surface area (Å²) in [5.74, 6) is -0.620. The van der Waals surface area contributed by atoms with Crippen molar-refractivity contribution < 1.29 is 19.1 Å². The van der Waals surface area contributed by atoms with Gasteiger partial charge in [-0.3, -0.25) is 14.4 Å². The van der Waals surface area contributed by atoms with Gasteiger partial charge in [-0.15, -0.1) is 0 Å². The molecule has 0 spiro atoms. The zero-order chi connectivity index (χ0) is 29.9. The molecule has 0 saturated heterocycles. The maximum atomic E-state index is 13.6. The van der Waals surface area contributed by atoms with Gasteiger partial charge in [0.15, 0.2) is 0 Å². The number of pyridine rings is 1. The summed E-state index contributed by atoms with van der Waals surface area (Å²) in [5, 5.41) is 2.74. The van der Waals surface area contributed by atoms with E-state index in [0.717, 1.165) is 16.9 Å². The minimum absolute atomic E-state index is 0.207. The number of ether oxygens (including phenoxy) is 1. The van der Waals surface area contributed by atoms with Crippen LogP contribution in [0.5, 0.6) is 0 Å². The summed E-state index contributed by atoms with van der Waals surface area (Å²) >= 11 is 0. The van der Waals surface area contributed by atoms with E-state index in [2.05, 4.69) is 24.1 Å². The van der Waals surface area contributed by atoms with E-state index in [-0.39, 0.29) is 24.2 Å². The van der Waals surface area contributed by atoms with E-state index in [1.807, 2.05) is 65.4 Å². The molecule has 0 atom stereocenters. The normalized spacial score (nSPS) is 11.5. The highest BCUT2D eigenvalue weighted by Crippen LogP contribution is 2.30. The summed E-state index contributed by atoms with van der Waals surface area (Å²) in [6.45, 7) is 8.39. The lowest BCUT2D eigenvalue weighted by Crippen LogP contribution is -2.32. The fourth-order valence-electron chi connectivity index (χ4n) is 5.02. The molecule has 0 aliphatic carbocycles. The number of hydrogen-bond donors (Lipinski definition) is 1. The molecule has 8 heteroatoms. The first-order chi connectivity index (χ1) is 20.2. The van der Waals surface area contributed by atoms with Gasteiger partial charge in [-0.05, 0) is 55.3 Å². The van der Waals surface area contributed by atoms with E-state index in [4.69, 9.17) is 4.74 Å². The zero-order valence-corrected chi connectivity index (χ0v) is 24.2. The quantitative estimate of drug-likeness (QED) is 0.123. The number of hydrogen-bond acceptors (Lipinski definition) is 5. The lowest BCUT2D eigenvalue weighted by molar-refractivity contribution is -0.149. The first kappa shape index (κ1) is 28.5. The third-order valence-corrected chi connectivity index (χ3v) is 7.37. The van der Waals surface area contributed by atoms with Crippen molar-refractivity contribution in [3.63, 3.8) is 0 Å². The van der Waals surface area contributed by atoms with Gasteiger partial charge in [-0.1, -0.05) is 62.4 Å². The van der Waals surface area contributed by atoms with Crippen LogP contribution in [0.2, 0.25) is 0 Å². The first-order valence-corrected chi connectivity index (χ1v) is 14.0. The number of anilines is 1. The third kappa shape index (κ3) is 5.74. The number of ketones is 1. The second-order valence-corrected chi connectivity index (χ2v) is 11.0. The Hall–Kier alpha value is -4.98. The highest BCUT2D eigenvalue weighted by atomic mass is 16.5. The molecule has 5 aromatic rings. The van der Waals surface area contributed by atoms with E-state index in [1.165, 1.54) is 0 Å². The van der Waals surface area contributed by atoms with Crippen molar-refractivity contribution in [3.8, 4) is 11.1 Å². The molecule has 1 N–H and O–H groups in total. The molecule has 0 fully saturated rings. The molecular weight excluding hydrogens is 528 g/mol. The number of fused-ring (bicyclic) bond motifs is 1. The SMILES string of the molecule is CC(C)c1nccn1CCOC(=O)C(C)(C)c1cccc(NC(=O)C(=O)c2c(-c3ccccc3)cc3ccccn23)c1. The molecule has 42 heavy (non-hydrogen) atoms. The molecule has 0 radical (unpaired) electrons. The number of esters is 1. The molecule has 8 nitrogen and oxygen atoms in total. The number of nitrogens with one attached hydrogen (secondary N) is 1. The van der Waals surface area contributed by atoms with Crippen LogP contribution in [0.1, 0.15) is 55.5 Å². The van der Waals surface area contributed by atoms with E-state index in [1.54, 1.807) is 54.9 Å². The van der Waals surface area contributed by atoms with E-state index in [0.29, 0.717) is 23.4 Å². The summed E-state index contributed by atoms with van der Waals surface area (Å²) < 4.78 is 9.35. The van der Waals surface area contributed by atoms with Gasteiger partial charge in [0.25, 0.3) is 11.7 Å². The molecule has 0 aliphatic rings. The van der Waals surface area contributed by atoms with Gasteiger partial charge in [-0.2, -0.15) is 0 Å². The van der Waals surface area contributed by atoms with Crippen molar-refractivity contribution in [1.82, 2.24) is 14.0 Å². The summed E-state index contributed by atoms with van der Waals surface area (Å²) in [7, 11) is 0. The van der Waals surface area contributed by atoms with E-state index in [9.17, 15) is 14.4 Å². The molecule has 5 rings (SSSR count). The molecule has 1 amide bonds. The van der Waals surface area contributed by atoms with Crippen molar-refractivity contribution in [2.75, 3.05) is 11.9 Å². The van der Waals surface area contributed by atoms with Gasteiger partial charge in [0.2, 0.25) is 0 Å². The summed E-state index contributed by atoms with van der Waals surface area (Å²) in [6.07, 6.45) is 5.39. The Balaban J connectivity index is 1.31. The molecule has 0 unspecified atom stereocenters. The minimum atomic E-state index is -0.987. The molecule has 0 aliphatic heterocycles. The lowest BCUT2D eigenvalue weighted by atomic mass is 9.84. The number of aromatic nitrogens is 3. The Kier molecular flexibility index (Phi) is 8.06. The fraction of sp³-hybridized carbons (Fsp3) is 0.235. The third-order valence-electron chi connectivity index (χ3n) is 7.37. The summed E-state index contributed by atoms with van der Waals surface area (Å²) in [5.41, 5.74) is 2.69. The molecule has 3 heterocycles. The van der Waals surface area contributed by atoms with Gasteiger partial charge in [0.05, 0.1) is 12.0 Å². The molecule has 0 bridgehead atoms. The molecule has 2 aromatic carbocycles. The Morgan fingerprint density at radius 1 is 0.929 bits per heavy atom. The Bertz CT molecular complexity index is 1750. The van der Waals surface area contributed by atoms with Crippen LogP contribution in [0.15, 0.2) is 97.5 Å². The van der Waals surface area contributed by atoms with Crippen molar-refractivity contribution in [2.24, 2.45) is 0 Å².